The number of aromatic nitrogens is 3. The lowest BCUT2D eigenvalue weighted by Crippen LogP contribution is -2.09. The Bertz CT molecular complexity index is 985. The number of nitrogens with two attached hydrogens (primary N) is 1. The fourth-order valence-electron chi connectivity index (χ4n) is 2.69. The number of anilines is 3. The first-order valence-electron chi connectivity index (χ1n) is 8.94. The molecule has 0 bridgehead atoms. The Morgan fingerprint density at radius 2 is 1.66 bits per heavy atom. The van der Waals surface area contributed by atoms with Crippen LogP contribution in [0.25, 0.3) is 11.3 Å². The van der Waals surface area contributed by atoms with Crippen molar-refractivity contribution >= 4 is 17.5 Å². The molecule has 0 unspecified atom stereocenters. The largest absolute Gasteiger partial charge is 0.493 e. The number of nitrogens with one attached hydrogen (secondary N) is 1. The molecule has 0 radical (unpaired) electrons. The number of hydrogen-bond donors (Lipinski definition) is 2. The molecule has 0 amide bonds. The average Bonchev–Trinajstić information content (AvgIpc) is 3.17. The van der Waals surface area contributed by atoms with Crippen LogP contribution in [-0.2, 0) is 5.41 Å². The van der Waals surface area contributed by atoms with E-state index in [4.69, 9.17) is 24.5 Å². The maximum atomic E-state index is 6.14. The summed E-state index contributed by atoms with van der Waals surface area (Å²) in [5, 5.41) is 7.18. The first kappa shape index (κ1) is 20.2. The molecule has 0 aliphatic heterocycles. The van der Waals surface area contributed by atoms with Gasteiger partial charge in [0.25, 0.3) is 0 Å². The lowest BCUT2D eigenvalue weighted by atomic mass is 9.93. The molecule has 0 aliphatic carbocycles. The van der Waals surface area contributed by atoms with Crippen LogP contribution in [0.4, 0.5) is 17.5 Å². The van der Waals surface area contributed by atoms with Gasteiger partial charge in [0, 0.05) is 35.5 Å². The van der Waals surface area contributed by atoms with E-state index >= 15 is 0 Å². The highest BCUT2D eigenvalue weighted by Gasteiger charge is 2.21. The third kappa shape index (κ3) is 4.18. The second-order valence-electron chi connectivity index (χ2n) is 7.36. The van der Waals surface area contributed by atoms with Gasteiger partial charge >= 0.3 is 0 Å². The molecule has 0 atom stereocenters. The highest BCUT2D eigenvalue weighted by molar-refractivity contribution is 5.72. The summed E-state index contributed by atoms with van der Waals surface area (Å²) >= 11 is 0. The molecular weight excluding hydrogens is 374 g/mol. The first-order chi connectivity index (χ1) is 13.8. The van der Waals surface area contributed by atoms with Gasteiger partial charge < -0.3 is 29.8 Å². The van der Waals surface area contributed by atoms with Gasteiger partial charge in [-0.15, -0.1) is 0 Å². The number of nitrogen functional groups attached to an aromatic ring is 1. The van der Waals surface area contributed by atoms with E-state index in [9.17, 15) is 0 Å². The molecule has 0 saturated heterocycles. The van der Waals surface area contributed by atoms with Crippen LogP contribution in [0.1, 0.15) is 26.5 Å². The third-order valence-corrected chi connectivity index (χ3v) is 4.26. The number of benzene rings is 1. The SMILES string of the molecule is COc1cc(Nc2ncc(-c3cc(C(C)(C)C)on3)c(N)n2)cc(OC)c1OC. The summed E-state index contributed by atoms with van der Waals surface area (Å²) in [5.41, 5.74) is 7.83. The molecule has 0 saturated carbocycles. The molecule has 3 N–H and O–H groups in total. The maximum absolute atomic E-state index is 6.14. The standard InChI is InChI=1S/C20H25N5O4/c1-20(2,3)16-9-13(25-29-16)12-10-22-19(24-18(12)21)23-11-7-14(26-4)17(28-6)15(8-11)27-5/h7-10H,1-6H3,(H3,21,22,23,24). The minimum Gasteiger partial charge on any atom is -0.493 e. The highest BCUT2D eigenvalue weighted by atomic mass is 16.5. The van der Waals surface area contributed by atoms with E-state index in [0.717, 1.165) is 5.76 Å². The van der Waals surface area contributed by atoms with Crippen LogP contribution < -0.4 is 25.3 Å². The monoisotopic (exact) mass is 399 g/mol. The lowest BCUT2D eigenvalue weighted by molar-refractivity contribution is 0.324. The summed E-state index contributed by atoms with van der Waals surface area (Å²) in [7, 11) is 4.65. The molecular formula is C20H25N5O4. The van der Waals surface area contributed by atoms with Crippen LogP contribution in [0.5, 0.6) is 17.2 Å². The Balaban J connectivity index is 1.89. The van der Waals surface area contributed by atoms with Crippen molar-refractivity contribution in [3.63, 3.8) is 0 Å². The second kappa shape index (κ2) is 7.86. The van der Waals surface area contributed by atoms with Crippen LogP contribution in [0.2, 0.25) is 0 Å². The molecule has 0 fully saturated rings. The van der Waals surface area contributed by atoms with E-state index < -0.39 is 0 Å². The molecule has 154 valence electrons. The Kier molecular flexibility index (Phi) is 5.49. The summed E-state index contributed by atoms with van der Waals surface area (Å²) in [6, 6.07) is 5.35. The predicted molar refractivity (Wildman–Crippen MR) is 110 cm³/mol. The zero-order valence-corrected chi connectivity index (χ0v) is 17.4. The third-order valence-electron chi connectivity index (χ3n) is 4.26. The lowest BCUT2D eigenvalue weighted by Gasteiger charge is -2.14. The van der Waals surface area contributed by atoms with Gasteiger partial charge in [-0.2, -0.15) is 4.98 Å². The molecule has 2 heterocycles. The van der Waals surface area contributed by atoms with Crippen molar-refractivity contribution in [1.82, 2.24) is 15.1 Å². The summed E-state index contributed by atoms with van der Waals surface area (Å²) in [6.45, 7) is 6.13. The van der Waals surface area contributed by atoms with Gasteiger partial charge in [-0.05, 0) is 0 Å². The zero-order valence-electron chi connectivity index (χ0n) is 17.4. The summed E-state index contributed by atoms with van der Waals surface area (Å²) in [6.07, 6.45) is 1.60. The van der Waals surface area contributed by atoms with Crippen molar-refractivity contribution in [2.75, 3.05) is 32.4 Å². The van der Waals surface area contributed by atoms with Crippen molar-refractivity contribution in [2.45, 2.75) is 26.2 Å². The van der Waals surface area contributed by atoms with Gasteiger partial charge in [0.2, 0.25) is 11.7 Å². The number of rotatable bonds is 6. The fourth-order valence-corrected chi connectivity index (χ4v) is 2.69. The highest BCUT2D eigenvalue weighted by Crippen LogP contribution is 2.40. The van der Waals surface area contributed by atoms with Gasteiger partial charge in [-0.25, -0.2) is 4.98 Å². The predicted octanol–water partition coefficient (Wildman–Crippen LogP) is 3.78. The number of nitrogens with zero attached hydrogens (tertiary/aromatic N) is 3. The molecule has 1 aromatic carbocycles. The quantitative estimate of drug-likeness (QED) is 0.638. The van der Waals surface area contributed by atoms with Crippen LogP contribution in [-0.4, -0.2) is 36.5 Å². The van der Waals surface area contributed by atoms with E-state index in [0.29, 0.717) is 40.1 Å². The smallest absolute Gasteiger partial charge is 0.229 e. The molecule has 3 rings (SSSR count). The number of methoxy groups -OCH3 is 3. The Labute approximate surface area is 169 Å². The van der Waals surface area contributed by atoms with Crippen LogP contribution in [0, 0.1) is 0 Å². The Morgan fingerprint density at radius 3 is 2.14 bits per heavy atom. The minimum atomic E-state index is -0.158. The van der Waals surface area contributed by atoms with Gasteiger partial charge in [-0.3, -0.25) is 0 Å². The van der Waals surface area contributed by atoms with E-state index in [1.54, 1.807) is 39.7 Å². The molecule has 0 spiro atoms. The zero-order chi connectivity index (χ0) is 21.2. The second-order valence-corrected chi connectivity index (χ2v) is 7.36. The molecule has 29 heavy (non-hydrogen) atoms. The molecule has 0 aliphatic rings. The Hall–Kier alpha value is -3.49. The van der Waals surface area contributed by atoms with Crippen molar-refractivity contribution in [2.24, 2.45) is 0 Å². The van der Waals surface area contributed by atoms with Gasteiger partial charge in [0.15, 0.2) is 11.5 Å². The minimum absolute atomic E-state index is 0.158. The number of ether oxygens (including phenoxy) is 3. The fraction of sp³-hybridized carbons (Fsp3) is 0.350. The van der Waals surface area contributed by atoms with Crippen molar-refractivity contribution in [3.8, 4) is 28.5 Å². The molecule has 9 nitrogen and oxygen atoms in total. The van der Waals surface area contributed by atoms with Crippen molar-refractivity contribution in [1.29, 1.82) is 0 Å². The first-order valence-corrected chi connectivity index (χ1v) is 8.94. The average molecular weight is 399 g/mol. The van der Waals surface area contributed by atoms with Gasteiger partial charge in [0.05, 0.1) is 26.9 Å². The summed E-state index contributed by atoms with van der Waals surface area (Å²) in [5.74, 6) is 2.87. The van der Waals surface area contributed by atoms with Gasteiger partial charge in [-0.1, -0.05) is 25.9 Å². The number of hydrogen-bond acceptors (Lipinski definition) is 9. The summed E-state index contributed by atoms with van der Waals surface area (Å²) in [4.78, 5) is 8.67. The van der Waals surface area contributed by atoms with Gasteiger partial charge in [0.1, 0.15) is 17.3 Å². The Morgan fingerprint density at radius 1 is 1.00 bits per heavy atom. The maximum Gasteiger partial charge on any atom is 0.229 e. The van der Waals surface area contributed by atoms with Crippen LogP contribution >= 0.6 is 0 Å². The van der Waals surface area contributed by atoms with Crippen molar-refractivity contribution < 1.29 is 18.7 Å². The molecule has 9 heteroatoms. The molecule has 2 aromatic heterocycles. The van der Waals surface area contributed by atoms with E-state index in [2.05, 4.69) is 20.4 Å². The van der Waals surface area contributed by atoms with Crippen LogP contribution in [0.15, 0.2) is 28.9 Å². The van der Waals surface area contributed by atoms with E-state index in [1.807, 2.05) is 26.8 Å². The van der Waals surface area contributed by atoms with E-state index in [-0.39, 0.29) is 11.2 Å². The normalized spacial score (nSPS) is 11.2. The van der Waals surface area contributed by atoms with E-state index in [1.165, 1.54) is 0 Å². The topological polar surface area (TPSA) is 118 Å². The molecule has 3 aromatic rings. The summed E-state index contributed by atoms with van der Waals surface area (Å²) < 4.78 is 21.5. The van der Waals surface area contributed by atoms with Crippen LogP contribution in [0.3, 0.4) is 0 Å². The van der Waals surface area contributed by atoms with Crippen molar-refractivity contribution in [3.05, 3.63) is 30.2 Å².